The highest BCUT2D eigenvalue weighted by Crippen LogP contribution is 2.35. The monoisotopic (exact) mass is 261 g/mol. The second kappa shape index (κ2) is 4.54. The van der Waals surface area contributed by atoms with Crippen molar-refractivity contribution < 1.29 is 8.42 Å². The second-order valence-electron chi connectivity index (χ2n) is 7.27. The lowest BCUT2D eigenvalue weighted by Crippen LogP contribution is -2.45. The van der Waals surface area contributed by atoms with Crippen LogP contribution in [0, 0.1) is 5.41 Å². The fourth-order valence-corrected chi connectivity index (χ4v) is 3.30. The number of sulfonamides is 1. The Bertz CT molecular complexity index is 356. The molecule has 0 unspecified atom stereocenters. The molecule has 0 atom stereocenters. The molecular weight excluding hydrogens is 234 g/mol. The van der Waals surface area contributed by atoms with Gasteiger partial charge < -0.3 is 0 Å². The summed E-state index contributed by atoms with van der Waals surface area (Å²) in [6.07, 6.45) is 2.97. The molecule has 0 aliphatic heterocycles. The third-order valence-electron chi connectivity index (χ3n) is 3.12. The predicted octanol–water partition coefficient (Wildman–Crippen LogP) is 3.02. The van der Waals surface area contributed by atoms with Gasteiger partial charge in [0.25, 0.3) is 0 Å². The molecule has 0 aromatic heterocycles. The van der Waals surface area contributed by atoms with Gasteiger partial charge in [-0.2, -0.15) is 4.31 Å². The molecular formula is C13H27NO2S. The Balaban J connectivity index is 2.81. The van der Waals surface area contributed by atoms with Gasteiger partial charge in [-0.25, -0.2) is 8.42 Å². The Labute approximate surface area is 107 Å². The summed E-state index contributed by atoms with van der Waals surface area (Å²) in [5, 5.41) is 0. The molecule has 0 aromatic rings. The van der Waals surface area contributed by atoms with Crippen LogP contribution in [-0.2, 0) is 10.0 Å². The molecule has 0 bridgehead atoms. The van der Waals surface area contributed by atoms with E-state index in [1.54, 1.807) is 25.1 Å². The van der Waals surface area contributed by atoms with Gasteiger partial charge in [-0.15, -0.1) is 0 Å². The quantitative estimate of drug-likeness (QED) is 0.780. The van der Waals surface area contributed by atoms with E-state index < -0.39 is 14.8 Å². The van der Waals surface area contributed by atoms with Crippen molar-refractivity contribution in [3.05, 3.63) is 0 Å². The number of hydrogen-bond acceptors (Lipinski definition) is 2. The molecule has 0 spiro atoms. The summed E-state index contributed by atoms with van der Waals surface area (Å²) in [6.45, 7) is 12.5. The minimum atomic E-state index is -3.16. The van der Waals surface area contributed by atoms with Crippen LogP contribution in [-0.4, -0.2) is 30.1 Å². The lowest BCUT2D eigenvalue weighted by atomic mass is 9.92. The smallest absolute Gasteiger partial charge is 0.212 e. The molecule has 0 aromatic carbocycles. The van der Waals surface area contributed by atoms with Crippen molar-refractivity contribution in [1.82, 2.24) is 4.31 Å². The van der Waals surface area contributed by atoms with E-state index in [9.17, 15) is 8.42 Å². The third-order valence-corrected chi connectivity index (χ3v) is 5.76. The van der Waals surface area contributed by atoms with Crippen LogP contribution in [0.1, 0.15) is 60.8 Å². The van der Waals surface area contributed by atoms with Crippen molar-refractivity contribution in [2.75, 3.05) is 6.54 Å². The SMILES string of the molecule is CC(C)(C)CCN(C1CC1)S(=O)(=O)C(C)(C)C. The maximum atomic E-state index is 12.5. The zero-order valence-corrected chi connectivity index (χ0v) is 12.9. The molecule has 1 aliphatic carbocycles. The molecule has 1 fully saturated rings. The average molecular weight is 261 g/mol. The fraction of sp³-hybridized carbons (Fsp3) is 1.00. The second-order valence-corrected chi connectivity index (χ2v) is 9.91. The van der Waals surface area contributed by atoms with Crippen LogP contribution in [0.2, 0.25) is 0 Å². The number of rotatable bonds is 4. The molecule has 0 radical (unpaired) electrons. The minimum absolute atomic E-state index is 0.181. The Morgan fingerprint density at radius 1 is 1.06 bits per heavy atom. The van der Waals surface area contributed by atoms with Gasteiger partial charge >= 0.3 is 0 Å². The summed E-state index contributed by atoms with van der Waals surface area (Å²) in [6, 6.07) is 0.265. The van der Waals surface area contributed by atoms with Crippen LogP contribution in [0.4, 0.5) is 0 Å². The molecule has 1 saturated carbocycles. The molecule has 1 aliphatic rings. The van der Waals surface area contributed by atoms with Gasteiger partial charge in [0.05, 0.1) is 4.75 Å². The summed E-state index contributed by atoms with van der Waals surface area (Å²) >= 11 is 0. The van der Waals surface area contributed by atoms with Gasteiger partial charge in [0.15, 0.2) is 0 Å². The highest BCUT2D eigenvalue weighted by molar-refractivity contribution is 7.90. The van der Waals surface area contributed by atoms with Crippen LogP contribution in [0.5, 0.6) is 0 Å². The van der Waals surface area contributed by atoms with Crippen LogP contribution in [0.3, 0.4) is 0 Å². The average Bonchev–Trinajstić information content (AvgIpc) is 2.83. The van der Waals surface area contributed by atoms with Gasteiger partial charge in [0.1, 0.15) is 0 Å². The van der Waals surface area contributed by atoms with E-state index in [0.717, 1.165) is 19.3 Å². The maximum absolute atomic E-state index is 12.5. The predicted molar refractivity (Wildman–Crippen MR) is 72.5 cm³/mol. The minimum Gasteiger partial charge on any atom is -0.212 e. The third kappa shape index (κ3) is 3.95. The standard InChI is InChI=1S/C13H27NO2S/c1-12(2,3)9-10-14(11-7-8-11)17(15,16)13(4,5)6/h11H,7-10H2,1-6H3. The van der Waals surface area contributed by atoms with Crippen molar-refractivity contribution in [1.29, 1.82) is 0 Å². The first-order chi connectivity index (χ1) is 7.45. The maximum Gasteiger partial charge on any atom is 0.219 e. The van der Waals surface area contributed by atoms with Crippen molar-refractivity contribution in [3.63, 3.8) is 0 Å². The number of hydrogen-bond donors (Lipinski definition) is 0. The molecule has 0 N–H and O–H groups in total. The first-order valence-electron chi connectivity index (χ1n) is 6.46. The lowest BCUT2D eigenvalue weighted by molar-refractivity contribution is 0.301. The zero-order valence-electron chi connectivity index (χ0n) is 12.1. The van der Waals surface area contributed by atoms with E-state index in [4.69, 9.17) is 0 Å². The molecule has 0 heterocycles. The van der Waals surface area contributed by atoms with E-state index in [1.807, 2.05) is 0 Å². The fourth-order valence-electron chi connectivity index (χ4n) is 1.66. The largest absolute Gasteiger partial charge is 0.219 e. The number of nitrogens with zero attached hydrogens (tertiary/aromatic N) is 1. The Morgan fingerprint density at radius 3 is 1.82 bits per heavy atom. The Morgan fingerprint density at radius 2 is 1.53 bits per heavy atom. The molecule has 3 nitrogen and oxygen atoms in total. The van der Waals surface area contributed by atoms with E-state index in [2.05, 4.69) is 20.8 Å². The molecule has 0 amide bonds. The van der Waals surface area contributed by atoms with E-state index in [-0.39, 0.29) is 11.5 Å². The molecule has 102 valence electrons. The zero-order chi connectivity index (χ0) is 13.5. The van der Waals surface area contributed by atoms with Gasteiger partial charge in [0.2, 0.25) is 10.0 Å². The van der Waals surface area contributed by atoms with E-state index in [0.29, 0.717) is 6.54 Å². The van der Waals surface area contributed by atoms with Crippen molar-refractivity contribution in [2.45, 2.75) is 71.6 Å². The Kier molecular flexibility index (Phi) is 4.00. The summed E-state index contributed by atoms with van der Waals surface area (Å²) in [5.74, 6) is 0. The van der Waals surface area contributed by atoms with Crippen LogP contribution in [0.25, 0.3) is 0 Å². The van der Waals surface area contributed by atoms with Crippen molar-refractivity contribution in [2.24, 2.45) is 5.41 Å². The summed E-state index contributed by atoms with van der Waals surface area (Å²) < 4.78 is 26.0. The first-order valence-corrected chi connectivity index (χ1v) is 7.90. The van der Waals surface area contributed by atoms with Gasteiger partial charge in [-0.1, -0.05) is 20.8 Å². The van der Waals surface area contributed by atoms with Gasteiger partial charge in [-0.3, -0.25) is 0 Å². The highest BCUT2D eigenvalue weighted by atomic mass is 32.2. The lowest BCUT2D eigenvalue weighted by Gasteiger charge is -2.32. The van der Waals surface area contributed by atoms with Crippen LogP contribution < -0.4 is 0 Å². The van der Waals surface area contributed by atoms with E-state index in [1.165, 1.54) is 0 Å². The van der Waals surface area contributed by atoms with Gasteiger partial charge in [-0.05, 0) is 45.4 Å². The topological polar surface area (TPSA) is 37.4 Å². The molecule has 17 heavy (non-hydrogen) atoms. The van der Waals surface area contributed by atoms with Crippen molar-refractivity contribution in [3.8, 4) is 0 Å². The van der Waals surface area contributed by atoms with Crippen LogP contribution >= 0.6 is 0 Å². The van der Waals surface area contributed by atoms with Gasteiger partial charge in [0, 0.05) is 12.6 Å². The molecule has 4 heteroatoms. The summed E-state index contributed by atoms with van der Waals surface area (Å²) in [7, 11) is -3.16. The summed E-state index contributed by atoms with van der Waals surface area (Å²) in [4.78, 5) is 0. The van der Waals surface area contributed by atoms with Crippen LogP contribution in [0.15, 0.2) is 0 Å². The van der Waals surface area contributed by atoms with E-state index >= 15 is 0 Å². The summed E-state index contributed by atoms with van der Waals surface area (Å²) in [5.41, 5.74) is 0.181. The van der Waals surface area contributed by atoms with Crippen molar-refractivity contribution >= 4 is 10.0 Å². The molecule has 0 saturated heterocycles. The Hall–Kier alpha value is -0.0900. The molecule has 1 rings (SSSR count). The highest BCUT2D eigenvalue weighted by Gasteiger charge is 2.43. The normalized spacial score (nSPS) is 18.8. The first kappa shape index (κ1) is 15.0.